The fourth-order valence-corrected chi connectivity index (χ4v) is 1.56. The van der Waals surface area contributed by atoms with Crippen LogP contribution in [0.15, 0.2) is 33.9 Å². The Hall–Kier alpha value is -0.630. The fraction of sp³-hybridized carbons (Fsp3) is 0.364. The lowest BCUT2D eigenvalue weighted by atomic mass is 10.0. The third-order valence-electron chi connectivity index (χ3n) is 2.17. The molecule has 70 valence electrons. The number of rotatable bonds is 1. The van der Waals surface area contributed by atoms with Gasteiger partial charge < -0.3 is 0 Å². The van der Waals surface area contributed by atoms with Crippen LogP contribution in [-0.2, 0) is 4.79 Å². The van der Waals surface area contributed by atoms with Crippen LogP contribution in [0.4, 0.5) is 0 Å². The molecule has 0 N–H and O–H groups in total. The van der Waals surface area contributed by atoms with Gasteiger partial charge in [0.2, 0.25) is 0 Å². The third-order valence-corrected chi connectivity index (χ3v) is 3.11. The molecule has 1 aliphatic rings. The molecular formula is C11H13BrO. The predicted molar refractivity (Wildman–Crippen MR) is 58.8 cm³/mol. The zero-order valence-corrected chi connectivity index (χ0v) is 9.52. The first kappa shape index (κ1) is 10.5. The summed E-state index contributed by atoms with van der Waals surface area (Å²) in [6.45, 7) is 3.70. The van der Waals surface area contributed by atoms with Gasteiger partial charge in [-0.15, -0.1) is 0 Å². The van der Waals surface area contributed by atoms with Crippen molar-refractivity contribution in [3.8, 4) is 0 Å². The second-order valence-electron chi connectivity index (χ2n) is 3.24. The third kappa shape index (κ3) is 2.96. The smallest absolute Gasteiger partial charge is 0.155 e. The van der Waals surface area contributed by atoms with Gasteiger partial charge in [-0.2, -0.15) is 0 Å². The van der Waals surface area contributed by atoms with Crippen LogP contribution in [0.2, 0.25) is 0 Å². The predicted octanol–water partition coefficient (Wildman–Crippen LogP) is 3.52. The van der Waals surface area contributed by atoms with Crippen LogP contribution in [0.3, 0.4) is 0 Å². The van der Waals surface area contributed by atoms with E-state index in [2.05, 4.69) is 22.9 Å². The average molecular weight is 241 g/mol. The summed E-state index contributed by atoms with van der Waals surface area (Å²) < 4.78 is 1.13. The van der Waals surface area contributed by atoms with E-state index in [0.717, 1.165) is 22.9 Å². The van der Waals surface area contributed by atoms with Crippen LogP contribution in [0, 0.1) is 0 Å². The van der Waals surface area contributed by atoms with E-state index in [1.807, 2.05) is 18.2 Å². The van der Waals surface area contributed by atoms with Crippen molar-refractivity contribution in [2.75, 3.05) is 0 Å². The van der Waals surface area contributed by atoms with Gasteiger partial charge in [-0.1, -0.05) is 33.7 Å². The Morgan fingerprint density at radius 2 is 2.15 bits per heavy atom. The lowest BCUT2D eigenvalue weighted by Gasteiger charge is -2.07. The highest BCUT2D eigenvalue weighted by Crippen LogP contribution is 2.22. The highest BCUT2D eigenvalue weighted by molar-refractivity contribution is 9.11. The summed E-state index contributed by atoms with van der Waals surface area (Å²) in [5, 5.41) is 0. The highest BCUT2D eigenvalue weighted by atomic mass is 79.9. The van der Waals surface area contributed by atoms with E-state index in [1.54, 1.807) is 6.92 Å². The van der Waals surface area contributed by atoms with Crippen molar-refractivity contribution in [1.29, 1.82) is 0 Å². The number of hydrogen-bond acceptors (Lipinski definition) is 1. The van der Waals surface area contributed by atoms with Crippen LogP contribution < -0.4 is 0 Å². The van der Waals surface area contributed by atoms with Crippen molar-refractivity contribution >= 4 is 21.7 Å². The minimum absolute atomic E-state index is 0.176. The Morgan fingerprint density at radius 1 is 1.46 bits per heavy atom. The van der Waals surface area contributed by atoms with Gasteiger partial charge in [0.15, 0.2) is 5.78 Å². The quantitative estimate of drug-likeness (QED) is 0.686. The molecule has 0 saturated carbocycles. The second kappa shape index (κ2) is 4.56. The molecule has 0 aromatic rings. The van der Waals surface area contributed by atoms with Crippen molar-refractivity contribution < 1.29 is 4.79 Å². The van der Waals surface area contributed by atoms with E-state index in [0.29, 0.717) is 0 Å². The maximum Gasteiger partial charge on any atom is 0.155 e. The van der Waals surface area contributed by atoms with Crippen LogP contribution in [0.5, 0.6) is 0 Å². The van der Waals surface area contributed by atoms with Gasteiger partial charge in [0.1, 0.15) is 0 Å². The van der Waals surface area contributed by atoms with E-state index < -0.39 is 0 Å². The number of allylic oxidation sites excluding steroid dienone is 6. The van der Waals surface area contributed by atoms with Crippen LogP contribution in [0.25, 0.3) is 0 Å². The van der Waals surface area contributed by atoms with Crippen LogP contribution in [-0.4, -0.2) is 5.78 Å². The molecule has 1 rings (SSSR count). The minimum atomic E-state index is 0.176. The summed E-state index contributed by atoms with van der Waals surface area (Å²) in [4.78, 5) is 11.1. The molecule has 0 saturated heterocycles. The molecule has 0 aromatic heterocycles. The summed E-state index contributed by atoms with van der Waals surface area (Å²) in [6.07, 6.45) is 7.61. The van der Waals surface area contributed by atoms with Gasteiger partial charge in [0.05, 0.1) is 0 Å². The second-order valence-corrected chi connectivity index (χ2v) is 4.09. The van der Waals surface area contributed by atoms with Gasteiger partial charge in [0.25, 0.3) is 0 Å². The lowest BCUT2D eigenvalue weighted by Crippen LogP contribution is -1.98. The molecule has 2 heteroatoms. The van der Waals surface area contributed by atoms with E-state index in [1.165, 1.54) is 5.57 Å². The SMILES string of the molecule is CC(=O)C1=CC=CC(Br)=C(C)CC1. The van der Waals surface area contributed by atoms with Gasteiger partial charge >= 0.3 is 0 Å². The molecule has 0 unspecified atom stereocenters. The normalized spacial score (nSPS) is 17.9. The Bertz CT molecular complexity index is 308. The van der Waals surface area contributed by atoms with Crippen molar-refractivity contribution in [3.05, 3.63) is 33.9 Å². The van der Waals surface area contributed by atoms with Gasteiger partial charge in [0, 0.05) is 4.48 Å². The van der Waals surface area contributed by atoms with Crippen LogP contribution in [0.1, 0.15) is 26.7 Å². The molecule has 0 spiro atoms. The highest BCUT2D eigenvalue weighted by Gasteiger charge is 2.06. The maximum atomic E-state index is 11.1. The number of hydrogen-bond donors (Lipinski definition) is 0. The molecule has 1 aliphatic carbocycles. The lowest BCUT2D eigenvalue weighted by molar-refractivity contribution is -0.113. The monoisotopic (exact) mass is 240 g/mol. The molecule has 0 heterocycles. The Morgan fingerprint density at radius 3 is 2.77 bits per heavy atom. The topological polar surface area (TPSA) is 17.1 Å². The molecule has 1 nitrogen and oxygen atoms in total. The molecule has 0 amide bonds. The van der Waals surface area contributed by atoms with Crippen molar-refractivity contribution in [2.45, 2.75) is 26.7 Å². The number of carbonyl (C=O) groups excluding carboxylic acids is 1. The first-order chi connectivity index (χ1) is 6.11. The van der Waals surface area contributed by atoms with Gasteiger partial charge in [-0.3, -0.25) is 4.79 Å². The van der Waals surface area contributed by atoms with Gasteiger partial charge in [-0.05, 0) is 38.3 Å². The molecule has 13 heavy (non-hydrogen) atoms. The van der Waals surface area contributed by atoms with Crippen LogP contribution >= 0.6 is 15.9 Å². The van der Waals surface area contributed by atoms with E-state index in [-0.39, 0.29) is 5.78 Å². The zero-order chi connectivity index (χ0) is 9.84. The Kier molecular flexibility index (Phi) is 3.67. The average Bonchev–Trinajstić information content (AvgIpc) is 2.06. The summed E-state index contributed by atoms with van der Waals surface area (Å²) in [5.74, 6) is 0.176. The number of ketones is 1. The first-order valence-electron chi connectivity index (χ1n) is 4.34. The molecule has 0 bridgehead atoms. The van der Waals surface area contributed by atoms with E-state index in [4.69, 9.17) is 0 Å². The fourth-order valence-electron chi connectivity index (χ4n) is 1.21. The molecule has 0 radical (unpaired) electrons. The minimum Gasteiger partial charge on any atom is -0.295 e. The van der Waals surface area contributed by atoms with Gasteiger partial charge in [-0.25, -0.2) is 0 Å². The largest absolute Gasteiger partial charge is 0.295 e. The number of carbonyl (C=O) groups is 1. The van der Waals surface area contributed by atoms with Crippen molar-refractivity contribution in [2.24, 2.45) is 0 Å². The molecule has 0 aromatic carbocycles. The van der Waals surface area contributed by atoms with Crippen molar-refractivity contribution in [1.82, 2.24) is 0 Å². The molecular weight excluding hydrogens is 228 g/mol. The zero-order valence-electron chi connectivity index (χ0n) is 7.93. The summed E-state index contributed by atoms with van der Waals surface area (Å²) in [6, 6.07) is 0. The Balaban J connectivity index is 2.88. The number of Topliss-reactive ketones (excluding diaryl/α,β-unsaturated/α-hetero) is 1. The summed E-state index contributed by atoms with van der Waals surface area (Å²) in [5.41, 5.74) is 2.21. The molecule has 0 fully saturated rings. The molecule has 0 aliphatic heterocycles. The van der Waals surface area contributed by atoms with E-state index >= 15 is 0 Å². The number of halogens is 1. The molecule has 0 atom stereocenters. The summed E-state index contributed by atoms with van der Waals surface area (Å²) >= 11 is 3.47. The maximum absolute atomic E-state index is 11.1. The first-order valence-corrected chi connectivity index (χ1v) is 5.14. The summed E-state index contributed by atoms with van der Waals surface area (Å²) in [7, 11) is 0. The standard InChI is InChI=1S/C11H13BrO/c1-8-6-7-10(9(2)13)4-3-5-11(8)12/h3-5H,6-7H2,1-2H3. The van der Waals surface area contributed by atoms with E-state index in [9.17, 15) is 4.79 Å². The van der Waals surface area contributed by atoms with Crippen molar-refractivity contribution in [3.63, 3.8) is 0 Å². The Labute approximate surface area is 87.3 Å².